The van der Waals surface area contributed by atoms with Crippen molar-refractivity contribution in [3.8, 4) is 56.4 Å². The predicted octanol–water partition coefficient (Wildman–Crippen LogP) is 12.5. The molecule has 0 fully saturated rings. The van der Waals surface area contributed by atoms with Gasteiger partial charge in [-0.3, -0.25) is 0 Å². The van der Waals surface area contributed by atoms with Gasteiger partial charge in [0.05, 0.1) is 0 Å². The van der Waals surface area contributed by atoms with Crippen molar-refractivity contribution in [2.24, 2.45) is 0 Å². The Labute approximate surface area is 292 Å². The number of nitrogens with zero attached hydrogens (tertiary/aromatic N) is 3. The Hall–Kier alpha value is -6.43. The van der Waals surface area contributed by atoms with Crippen LogP contribution in [-0.2, 0) is 0 Å². The first-order chi connectivity index (χ1) is 24.8. The normalized spacial score (nSPS) is 11.6. The number of para-hydroxylation sites is 1. The van der Waals surface area contributed by atoms with Gasteiger partial charge in [-0.05, 0) is 58.7 Å². The molecule has 7 aromatic carbocycles. The third-order valence-corrected chi connectivity index (χ3v) is 10.6. The Bertz CT molecular complexity index is 2800. The molecular weight excluding hydrogens is 631 g/mol. The quantitative estimate of drug-likeness (QED) is 0.185. The number of hydrogen-bond acceptors (Lipinski definition) is 5. The van der Waals surface area contributed by atoms with Gasteiger partial charge in [-0.1, -0.05) is 127 Å². The van der Waals surface area contributed by atoms with E-state index in [1.54, 1.807) is 11.3 Å². The molecule has 0 atom stereocenters. The van der Waals surface area contributed by atoms with Crippen LogP contribution in [0.25, 0.3) is 98.5 Å². The monoisotopic (exact) mass is 657 g/mol. The van der Waals surface area contributed by atoms with Gasteiger partial charge in [0.2, 0.25) is 0 Å². The molecule has 3 heterocycles. The Morgan fingerprint density at radius 1 is 0.380 bits per heavy atom. The van der Waals surface area contributed by atoms with Crippen LogP contribution in [0.3, 0.4) is 0 Å². The van der Waals surface area contributed by atoms with E-state index in [2.05, 4.69) is 91.0 Å². The van der Waals surface area contributed by atoms with E-state index >= 15 is 0 Å². The summed E-state index contributed by atoms with van der Waals surface area (Å²) < 4.78 is 8.82. The molecule has 0 spiro atoms. The summed E-state index contributed by atoms with van der Waals surface area (Å²) >= 11 is 1.78. The number of rotatable bonds is 5. The maximum absolute atomic E-state index is 6.45. The molecule has 4 nitrogen and oxygen atoms in total. The van der Waals surface area contributed by atoms with Gasteiger partial charge in [-0.25, -0.2) is 15.0 Å². The molecule has 0 saturated carbocycles. The second-order valence-corrected chi connectivity index (χ2v) is 13.4. The SMILES string of the molecule is c1ccc(-c2nc(-c3ccccc3)nc(-c3cccc4c3sc3ccc(-c5cc(-c6ccccc6)c6c(c5)oc5ccccc56)cc34)n2)cc1. The molecule has 0 N–H and O–H groups in total. The molecule has 5 heteroatoms. The lowest BCUT2D eigenvalue weighted by molar-refractivity contribution is 0.669. The lowest BCUT2D eigenvalue weighted by Gasteiger charge is -2.09. The molecular formula is C45H27N3OS. The van der Waals surface area contributed by atoms with E-state index in [4.69, 9.17) is 19.4 Å². The summed E-state index contributed by atoms with van der Waals surface area (Å²) in [4.78, 5) is 15.0. The lowest BCUT2D eigenvalue weighted by atomic mass is 9.94. The fourth-order valence-corrected chi connectivity index (χ4v) is 8.14. The highest BCUT2D eigenvalue weighted by atomic mass is 32.1. The third-order valence-electron chi connectivity index (χ3n) is 9.33. The van der Waals surface area contributed by atoms with Gasteiger partial charge in [0.15, 0.2) is 17.5 Å². The van der Waals surface area contributed by atoms with Crippen LogP contribution in [0.4, 0.5) is 0 Å². The Kier molecular flexibility index (Phi) is 6.64. The molecule has 0 radical (unpaired) electrons. The number of benzene rings is 7. The molecule has 234 valence electrons. The fraction of sp³-hybridized carbons (Fsp3) is 0. The maximum atomic E-state index is 6.45. The van der Waals surface area contributed by atoms with Crippen molar-refractivity contribution in [2.45, 2.75) is 0 Å². The van der Waals surface area contributed by atoms with Gasteiger partial charge in [0, 0.05) is 47.6 Å². The van der Waals surface area contributed by atoms with E-state index < -0.39 is 0 Å². The number of aromatic nitrogens is 3. The molecule has 10 rings (SSSR count). The molecule has 50 heavy (non-hydrogen) atoms. The third kappa shape index (κ3) is 4.79. The minimum Gasteiger partial charge on any atom is -0.456 e. The highest BCUT2D eigenvalue weighted by Crippen LogP contribution is 2.43. The van der Waals surface area contributed by atoms with E-state index in [0.717, 1.165) is 54.5 Å². The fourth-order valence-electron chi connectivity index (χ4n) is 6.95. The topological polar surface area (TPSA) is 51.8 Å². The minimum absolute atomic E-state index is 0.657. The first kappa shape index (κ1) is 28.6. The van der Waals surface area contributed by atoms with Crippen LogP contribution in [0, 0.1) is 0 Å². The molecule has 0 saturated heterocycles. The summed E-state index contributed by atoms with van der Waals surface area (Å²) in [7, 11) is 0. The van der Waals surface area contributed by atoms with Crippen LogP contribution in [0.1, 0.15) is 0 Å². The van der Waals surface area contributed by atoms with Gasteiger partial charge >= 0.3 is 0 Å². The number of fused-ring (bicyclic) bond motifs is 6. The van der Waals surface area contributed by atoms with Gasteiger partial charge in [0.1, 0.15) is 11.2 Å². The number of furan rings is 1. The molecule has 0 unspecified atom stereocenters. The van der Waals surface area contributed by atoms with Crippen LogP contribution < -0.4 is 0 Å². The summed E-state index contributed by atoms with van der Waals surface area (Å²) in [6.45, 7) is 0. The lowest BCUT2D eigenvalue weighted by Crippen LogP contribution is -2.00. The van der Waals surface area contributed by atoms with Crippen molar-refractivity contribution in [3.63, 3.8) is 0 Å². The van der Waals surface area contributed by atoms with Crippen molar-refractivity contribution in [1.82, 2.24) is 15.0 Å². The zero-order valence-electron chi connectivity index (χ0n) is 26.7. The van der Waals surface area contributed by atoms with E-state index in [0.29, 0.717) is 17.5 Å². The van der Waals surface area contributed by atoms with Crippen LogP contribution >= 0.6 is 11.3 Å². The Morgan fingerprint density at radius 3 is 1.72 bits per heavy atom. The largest absolute Gasteiger partial charge is 0.456 e. The van der Waals surface area contributed by atoms with E-state index in [1.807, 2.05) is 72.8 Å². The average molecular weight is 658 g/mol. The zero-order chi connectivity index (χ0) is 33.0. The Morgan fingerprint density at radius 2 is 1.00 bits per heavy atom. The van der Waals surface area contributed by atoms with Gasteiger partial charge in [-0.2, -0.15) is 0 Å². The average Bonchev–Trinajstić information content (AvgIpc) is 3.76. The van der Waals surface area contributed by atoms with Gasteiger partial charge in [-0.15, -0.1) is 11.3 Å². The number of thiophene rings is 1. The summed E-state index contributed by atoms with van der Waals surface area (Å²) in [5, 5.41) is 4.66. The first-order valence-corrected chi connectivity index (χ1v) is 17.4. The second kappa shape index (κ2) is 11.6. The second-order valence-electron chi connectivity index (χ2n) is 12.4. The van der Waals surface area contributed by atoms with Crippen molar-refractivity contribution in [1.29, 1.82) is 0 Å². The summed E-state index contributed by atoms with van der Waals surface area (Å²) in [5.74, 6) is 1.98. The standard InChI is InChI=1S/C45H27N3OS/c1-4-13-28(14-5-1)36-26-32(27-39-41(36)34-19-10-11-22-38(34)49-39)31-23-24-40-37(25-31)33-20-12-21-35(42(33)50-40)45-47-43(29-15-6-2-7-16-29)46-44(48-45)30-17-8-3-9-18-30/h1-27H. The van der Waals surface area contributed by atoms with Gasteiger partial charge < -0.3 is 4.42 Å². The molecule has 3 aromatic heterocycles. The summed E-state index contributed by atoms with van der Waals surface area (Å²) in [5.41, 5.74) is 9.28. The molecule has 0 aliphatic rings. The van der Waals surface area contributed by atoms with Crippen LogP contribution in [0.15, 0.2) is 168 Å². The van der Waals surface area contributed by atoms with Crippen molar-refractivity contribution >= 4 is 53.4 Å². The highest BCUT2D eigenvalue weighted by Gasteiger charge is 2.19. The first-order valence-electron chi connectivity index (χ1n) is 16.6. The molecule has 0 aliphatic carbocycles. The van der Waals surface area contributed by atoms with Crippen LogP contribution in [-0.4, -0.2) is 15.0 Å². The minimum atomic E-state index is 0.657. The predicted molar refractivity (Wildman–Crippen MR) is 207 cm³/mol. The van der Waals surface area contributed by atoms with E-state index in [1.165, 1.54) is 26.6 Å². The smallest absolute Gasteiger partial charge is 0.165 e. The number of hydrogen-bond donors (Lipinski definition) is 0. The zero-order valence-corrected chi connectivity index (χ0v) is 27.6. The molecule has 0 bridgehead atoms. The van der Waals surface area contributed by atoms with Crippen molar-refractivity contribution < 1.29 is 4.42 Å². The molecule has 0 aliphatic heterocycles. The van der Waals surface area contributed by atoms with E-state index in [9.17, 15) is 0 Å². The van der Waals surface area contributed by atoms with Crippen molar-refractivity contribution in [3.05, 3.63) is 164 Å². The van der Waals surface area contributed by atoms with Crippen LogP contribution in [0.2, 0.25) is 0 Å². The summed E-state index contributed by atoms with van der Waals surface area (Å²) in [6.07, 6.45) is 0. The molecule has 10 aromatic rings. The molecule has 0 amide bonds. The van der Waals surface area contributed by atoms with E-state index in [-0.39, 0.29) is 0 Å². The highest BCUT2D eigenvalue weighted by molar-refractivity contribution is 7.26. The maximum Gasteiger partial charge on any atom is 0.165 e. The van der Waals surface area contributed by atoms with Gasteiger partial charge in [0.25, 0.3) is 0 Å². The van der Waals surface area contributed by atoms with Crippen molar-refractivity contribution in [2.75, 3.05) is 0 Å². The van der Waals surface area contributed by atoms with Crippen LogP contribution in [0.5, 0.6) is 0 Å². The Balaban J connectivity index is 1.15. The summed E-state index contributed by atoms with van der Waals surface area (Å²) in [6, 6.07) is 56.8.